The van der Waals surface area contributed by atoms with Crippen LogP contribution in [0.25, 0.3) is 0 Å². The quantitative estimate of drug-likeness (QED) is 0.560. The van der Waals surface area contributed by atoms with E-state index in [1.807, 2.05) is 13.8 Å². The Morgan fingerprint density at radius 1 is 1.45 bits per heavy atom. The Labute approximate surface area is 120 Å². The third kappa shape index (κ3) is 4.12. The van der Waals surface area contributed by atoms with Gasteiger partial charge in [-0.2, -0.15) is 0 Å². The Hall–Kier alpha value is -1.77. The summed E-state index contributed by atoms with van der Waals surface area (Å²) < 4.78 is 6.21. The van der Waals surface area contributed by atoms with Crippen LogP contribution in [-0.4, -0.2) is 44.7 Å². The summed E-state index contributed by atoms with van der Waals surface area (Å²) in [5.41, 5.74) is 5.74. The van der Waals surface area contributed by atoms with E-state index in [0.29, 0.717) is 11.6 Å². The molecule has 9 heteroatoms. The number of nitrogens with two attached hydrogens (primary N) is 1. The molecule has 0 aromatic carbocycles. The van der Waals surface area contributed by atoms with Gasteiger partial charge in [-0.25, -0.2) is 4.79 Å². The van der Waals surface area contributed by atoms with E-state index in [9.17, 15) is 9.59 Å². The van der Waals surface area contributed by atoms with E-state index >= 15 is 0 Å². The van der Waals surface area contributed by atoms with Crippen LogP contribution in [0.4, 0.5) is 5.95 Å². The molecule has 0 saturated carbocycles. The van der Waals surface area contributed by atoms with Gasteiger partial charge in [-0.3, -0.25) is 9.36 Å². The number of aromatic nitrogens is 3. The van der Waals surface area contributed by atoms with Crippen LogP contribution >= 0.6 is 11.8 Å². The molecular formula is C11H18N4O4S. The molecule has 8 nitrogen and oxygen atoms in total. The first kappa shape index (κ1) is 16.3. The summed E-state index contributed by atoms with van der Waals surface area (Å²) in [7, 11) is 1.29. The maximum Gasteiger partial charge on any atom is 0.329 e. The minimum Gasteiger partial charge on any atom is -0.481 e. The van der Waals surface area contributed by atoms with E-state index in [2.05, 4.69) is 10.2 Å². The van der Waals surface area contributed by atoms with Crippen LogP contribution in [0, 0.1) is 5.92 Å². The number of ether oxygens (including phenoxy) is 1. The molecule has 0 fully saturated rings. The van der Waals surface area contributed by atoms with Gasteiger partial charge in [-0.1, -0.05) is 25.6 Å². The van der Waals surface area contributed by atoms with Crippen molar-refractivity contribution >= 4 is 29.6 Å². The summed E-state index contributed by atoms with van der Waals surface area (Å²) in [6, 6.07) is -0.661. The van der Waals surface area contributed by atoms with Crippen LogP contribution < -0.4 is 5.73 Å². The minimum atomic E-state index is -0.985. The lowest BCUT2D eigenvalue weighted by atomic mass is 10.0. The van der Waals surface area contributed by atoms with E-state index in [1.54, 1.807) is 0 Å². The number of rotatable bonds is 7. The van der Waals surface area contributed by atoms with Crippen molar-refractivity contribution in [3.8, 4) is 0 Å². The SMILES string of the molecule is COC(=O)C(CC(C)C)n1c(N)nnc1SCC(=O)O. The van der Waals surface area contributed by atoms with Crippen molar-refractivity contribution in [1.29, 1.82) is 0 Å². The zero-order valence-electron chi connectivity index (χ0n) is 11.6. The maximum atomic E-state index is 11.9. The Bertz CT molecular complexity index is 489. The fraction of sp³-hybridized carbons (Fsp3) is 0.636. The monoisotopic (exact) mass is 302 g/mol. The standard InChI is InChI=1S/C11H18N4O4S/c1-6(2)4-7(9(18)19-3)15-10(12)13-14-11(15)20-5-8(16)17/h6-7H,4-5H2,1-3H3,(H2,12,13)(H,16,17). The molecular weight excluding hydrogens is 284 g/mol. The van der Waals surface area contributed by atoms with Crippen LogP contribution in [0.15, 0.2) is 5.16 Å². The van der Waals surface area contributed by atoms with Crippen molar-refractivity contribution in [3.63, 3.8) is 0 Å². The van der Waals surface area contributed by atoms with E-state index < -0.39 is 18.0 Å². The number of hydrogen-bond acceptors (Lipinski definition) is 7. The Kier molecular flexibility index (Phi) is 5.81. The highest BCUT2D eigenvalue weighted by atomic mass is 32.2. The maximum absolute atomic E-state index is 11.9. The molecule has 1 rings (SSSR count). The highest BCUT2D eigenvalue weighted by Gasteiger charge is 2.28. The number of nitrogen functional groups attached to an aromatic ring is 1. The van der Waals surface area contributed by atoms with Crippen molar-refractivity contribution in [2.75, 3.05) is 18.6 Å². The first-order valence-electron chi connectivity index (χ1n) is 5.99. The summed E-state index contributed by atoms with van der Waals surface area (Å²) in [5, 5.41) is 16.5. The summed E-state index contributed by atoms with van der Waals surface area (Å²) >= 11 is 0.961. The molecule has 112 valence electrons. The number of methoxy groups -OCH3 is 1. The second-order valence-electron chi connectivity index (χ2n) is 4.56. The van der Waals surface area contributed by atoms with Crippen molar-refractivity contribution in [2.45, 2.75) is 31.5 Å². The van der Waals surface area contributed by atoms with Crippen molar-refractivity contribution in [1.82, 2.24) is 14.8 Å². The smallest absolute Gasteiger partial charge is 0.329 e. The predicted octanol–water partition coefficient (Wildman–Crippen LogP) is 0.797. The van der Waals surface area contributed by atoms with Gasteiger partial charge in [0.25, 0.3) is 0 Å². The average Bonchev–Trinajstić information content (AvgIpc) is 2.73. The van der Waals surface area contributed by atoms with Gasteiger partial charge in [0.05, 0.1) is 12.9 Å². The van der Waals surface area contributed by atoms with E-state index in [4.69, 9.17) is 15.6 Å². The lowest BCUT2D eigenvalue weighted by Gasteiger charge is -2.20. The minimum absolute atomic E-state index is 0.0638. The predicted molar refractivity (Wildman–Crippen MR) is 73.3 cm³/mol. The Morgan fingerprint density at radius 2 is 2.10 bits per heavy atom. The number of nitrogens with zero attached hydrogens (tertiary/aromatic N) is 3. The molecule has 3 N–H and O–H groups in total. The molecule has 1 aromatic rings. The van der Waals surface area contributed by atoms with Crippen LogP contribution in [0.5, 0.6) is 0 Å². The first-order chi connectivity index (χ1) is 9.36. The van der Waals surface area contributed by atoms with Gasteiger partial charge >= 0.3 is 11.9 Å². The van der Waals surface area contributed by atoms with E-state index in [0.717, 1.165) is 11.8 Å². The van der Waals surface area contributed by atoms with Gasteiger partial charge in [0.2, 0.25) is 5.95 Å². The molecule has 0 spiro atoms. The molecule has 1 atom stereocenters. The van der Waals surface area contributed by atoms with Gasteiger partial charge in [0.1, 0.15) is 6.04 Å². The number of carboxylic acid groups (broad SMARTS) is 1. The second-order valence-corrected chi connectivity index (χ2v) is 5.50. The van der Waals surface area contributed by atoms with Crippen LogP contribution in [0.3, 0.4) is 0 Å². The van der Waals surface area contributed by atoms with Crippen LogP contribution in [-0.2, 0) is 14.3 Å². The molecule has 0 bridgehead atoms. The summed E-state index contributed by atoms with van der Waals surface area (Å²) in [4.78, 5) is 22.5. The molecule has 1 aromatic heterocycles. The summed E-state index contributed by atoms with van der Waals surface area (Å²) in [6.07, 6.45) is 0.496. The van der Waals surface area contributed by atoms with Gasteiger partial charge in [-0.15, -0.1) is 10.2 Å². The fourth-order valence-corrected chi connectivity index (χ4v) is 2.41. The molecule has 0 amide bonds. The number of carbonyl (C=O) groups is 2. The van der Waals surface area contributed by atoms with Gasteiger partial charge in [0.15, 0.2) is 5.16 Å². The highest BCUT2D eigenvalue weighted by molar-refractivity contribution is 7.99. The lowest BCUT2D eigenvalue weighted by molar-refractivity contribution is -0.145. The average molecular weight is 302 g/mol. The van der Waals surface area contributed by atoms with Gasteiger partial charge in [-0.05, 0) is 12.3 Å². The van der Waals surface area contributed by atoms with Crippen molar-refractivity contribution < 1.29 is 19.4 Å². The molecule has 1 unspecified atom stereocenters. The summed E-state index contributed by atoms with van der Waals surface area (Å²) in [6.45, 7) is 3.92. The highest BCUT2D eigenvalue weighted by Crippen LogP contribution is 2.28. The Balaban J connectivity index is 3.08. The fourth-order valence-electron chi connectivity index (χ4n) is 1.70. The van der Waals surface area contributed by atoms with Crippen LogP contribution in [0.2, 0.25) is 0 Å². The largest absolute Gasteiger partial charge is 0.481 e. The zero-order valence-corrected chi connectivity index (χ0v) is 12.4. The van der Waals surface area contributed by atoms with Gasteiger partial charge < -0.3 is 15.6 Å². The van der Waals surface area contributed by atoms with Crippen molar-refractivity contribution in [3.05, 3.63) is 0 Å². The first-order valence-corrected chi connectivity index (χ1v) is 6.98. The third-order valence-electron chi connectivity index (χ3n) is 2.50. The second kappa shape index (κ2) is 7.13. The van der Waals surface area contributed by atoms with E-state index in [-0.39, 0.29) is 17.6 Å². The molecule has 0 saturated heterocycles. The molecule has 0 aliphatic carbocycles. The number of aliphatic carboxylic acids is 1. The number of esters is 1. The molecule has 20 heavy (non-hydrogen) atoms. The zero-order chi connectivity index (χ0) is 15.3. The number of anilines is 1. The molecule has 0 aliphatic heterocycles. The number of hydrogen-bond donors (Lipinski definition) is 2. The molecule has 0 aliphatic rings. The summed E-state index contributed by atoms with van der Waals surface area (Å²) in [5.74, 6) is -1.34. The Morgan fingerprint density at radius 3 is 2.60 bits per heavy atom. The lowest BCUT2D eigenvalue weighted by Crippen LogP contribution is -2.24. The van der Waals surface area contributed by atoms with Crippen molar-refractivity contribution in [2.24, 2.45) is 5.92 Å². The van der Waals surface area contributed by atoms with E-state index in [1.165, 1.54) is 11.7 Å². The molecule has 1 heterocycles. The normalized spacial score (nSPS) is 12.4. The molecule has 0 radical (unpaired) electrons. The third-order valence-corrected chi connectivity index (χ3v) is 3.42. The number of carbonyl (C=O) groups excluding carboxylic acids is 1. The van der Waals surface area contributed by atoms with Crippen LogP contribution in [0.1, 0.15) is 26.3 Å². The number of carboxylic acids is 1. The van der Waals surface area contributed by atoms with Gasteiger partial charge in [0, 0.05) is 0 Å². The topological polar surface area (TPSA) is 120 Å². The number of thioether (sulfide) groups is 1.